The number of aromatic amines is 1. The molecule has 0 aliphatic rings. The van der Waals surface area contributed by atoms with Crippen molar-refractivity contribution in [3.8, 4) is 0 Å². The van der Waals surface area contributed by atoms with Crippen LogP contribution in [0.1, 0.15) is 36.4 Å². The smallest absolute Gasteiger partial charge is 0.303 e. The molecule has 1 aromatic heterocycles. The van der Waals surface area contributed by atoms with Crippen LogP contribution in [0, 0.1) is 0 Å². The van der Waals surface area contributed by atoms with Crippen molar-refractivity contribution in [1.82, 2.24) is 10.3 Å². The Bertz CT molecular complexity index is 908. The van der Waals surface area contributed by atoms with Gasteiger partial charge in [0.05, 0.1) is 0 Å². The van der Waals surface area contributed by atoms with Gasteiger partial charge in [0.25, 0.3) is 0 Å². The lowest BCUT2D eigenvalue weighted by Crippen LogP contribution is -2.39. The van der Waals surface area contributed by atoms with Crippen molar-refractivity contribution in [1.29, 1.82) is 0 Å². The molecule has 0 radical (unpaired) electrons. The van der Waals surface area contributed by atoms with Gasteiger partial charge < -0.3 is 21.1 Å². The number of nitrogens with two attached hydrogens (primary N) is 1. The molecule has 2 aromatic carbocycles. The zero-order valence-corrected chi connectivity index (χ0v) is 16.5. The minimum absolute atomic E-state index is 0.0778. The first-order chi connectivity index (χ1) is 13.6. The predicted octanol–water partition coefficient (Wildman–Crippen LogP) is 4.28. The Labute approximate surface area is 169 Å². The number of benzene rings is 2. The van der Waals surface area contributed by atoms with Gasteiger partial charge in [-0.15, -0.1) is 0 Å². The van der Waals surface area contributed by atoms with Crippen molar-refractivity contribution >= 4 is 28.5 Å². The number of fused-ring (bicyclic) bond motifs is 1. The number of carboxylic acids is 1. The quantitative estimate of drug-likeness (QED) is 0.409. The Hall–Kier alpha value is -2.34. The summed E-state index contributed by atoms with van der Waals surface area (Å²) in [6, 6.07) is 15.9. The van der Waals surface area contributed by atoms with Crippen molar-refractivity contribution in [3.05, 3.63) is 70.9 Å². The van der Waals surface area contributed by atoms with E-state index in [2.05, 4.69) is 16.4 Å². The van der Waals surface area contributed by atoms with Crippen LogP contribution in [0.25, 0.3) is 10.9 Å². The molecular weight excluding hydrogens is 374 g/mol. The topological polar surface area (TPSA) is 91.1 Å². The molecule has 148 valence electrons. The molecule has 0 saturated heterocycles. The maximum Gasteiger partial charge on any atom is 0.303 e. The first kappa shape index (κ1) is 20.4. The number of carboxylic acid groups (broad SMARTS) is 1. The number of hydrogen-bond acceptors (Lipinski definition) is 3. The van der Waals surface area contributed by atoms with E-state index in [1.165, 1.54) is 5.56 Å². The Morgan fingerprint density at radius 1 is 1.14 bits per heavy atom. The van der Waals surface area contributed by atoms with Crippen LogP contribution in [0.4, 0.5) is 0 Å². The third-order valence-corrected chi connectivity index (χ3v) is 5.31. The monoisotopic (exact) mass is 399 g/mol. The van der Waals surface area contributed by atoms with E-state index >= 15 is 0 Å². The van der Waals surface area contributed by atoms with Crippen LogP contribution < -0.4 is 11.1 Å². The fourth-order valence-corrected chi connectivity index (χ4v) is 3.65. The second kappa shape index (κ2) is 9.73. The van der Waals surface area contributed by atoms with Gasteiger partial charge in [0.15, 0.2) is 0 Å². The molecule has 3 aromatic rings. The Balaban J connectivity index is 1.73. The van der Waals surface area contributed by atoms with Gasteiger partial charge >= 0.3 is 5.97 Å². The van der Waals surface area contributed by atoms with Gasteiger partial charge in [-0.3, -0.25) is 4.79 Å². The molecule has 1 heterocycles. The number of rotatable bonds is 10. The van der Waals surface area contributed by atoms with E-state index in [0.29, 0.717) is 13.0 Å². The lowest BCUT2D eigenvalue weighted by molar-refractivity contribution is -0.137. The van der Waals surface area contributed by atoms with Crippen LogP contribution in [0.5, 0.6) is 0 Å². The van der Waals surface area contributed by atoms with Gasteiger partial charge in [-0.05, 0) is 48.6 Å². The van der Waals surface area contributed by atoms with Crippen molar-refractivity contribution in [2.75, 3.05) is 6.54 Å². The number of aliphatic carboxylic acids is 1. The molecule has 0 aliphatic carbocycles. The minimum atomic E-state index is -0.794. The number of halogens is 1. The molecule has 0 bridgehead atoms. The summed E-state index contributed by atoms with van der Waals surface area (Å²) in [5.74, 6) is -0.794. The highest BCUT2D eigenvalue weighted by molar-refractivity contribution is 6.30. The molecule has 1 unspecified atom stereocenters. The predicted molar refractivity (Wildman–Crippen MR) is 114 cm³/mol. The van der Waals surface area contributed by atoms with Gasteiger partial charge in [0.2, 0.25) is 0 Å². The van der Waals surface area contributed by atoms with Crippen LogP contribution in [0.15, 0.2) is 54.7 Å². The minimum Gasteiger partial charge on any atom is -0.481 e. The number of hydrogen-bond donors (Lipinski definition) is 4. The number of nitrogens with one attached hydrogen (secondary N) is 2. The van der Waals surface area contributed by atoms with Crippen LogP contribution in [-0.2, 0) is 11.2 Å². The molecule has 0 spiro atoms. The molecule has 0 aliphatic heterocycles. The summed E-state index contributed by atoms with van der Waals surface area (Å²) in [5, 5.41) is 14.6. The summed E-state index contributed by atoms with van der Waals surface area (Å²) in [5.41, 5.74) is 9.36. The summed E-state index contributed by atoms with van der Waals surface area (Å²) >= 11 is 5.95. The normalized spacial score (nSPS) is 13.5. The van der Waals surface area contributed by atoms with Crippen molar-refractivity contribution in [3.63, 3.8) is 0 Å². The number of para-hydroxylation sites is 1. The van der Waals surface area contributed by atoms with Crippen LogP contribution in [0.2, 0.25) is 5.02 Å². The second-order valence-corrected chi connectivity index (χ2v) is 7.48. The zero-order valence-electron chi connectivity index (χ0n) is 15.7. The fourth-order valence-electron chi connectivity index (χ4n) is 3.52. The van der Waals surface area contributed by atoms with E-state index in [4.69, 9.17) is 22.4 Å². The Morgan fingerprint density at radius 3 is 2.61 bits per heavy atom. The van der Waals surface area contributed by atoms with E-state index < -0.39 is 5.97 Å². The summed E-state index contributed by atoms with van der Waals surface area (Å²) in [6.07, 6.45) is 4.33. The van der Waals surface area contributed by atoms with Crippen LogP contribution in [0.3, 0.4) is 0 Å². The third kappa shape index (κ3) is 5.35. The van der Waals surface area contributed by atoms with E-state index in [0.717, 1.165) is 34.3 Å². The van der Waals surface area contributed by atoms with Crippen molar-refractivity contribution in [2.45, 2.75) is 37.8 Å². The molecule has 0 amide bonds. The zero-order chi connectivity index (χ0) is 19.9. The lowest BCUT2D eigenvalue weighted by atomic mass is 9.98. The molecule has 2 atom stereocenters. The SMILES string of the molecule is NCC(CCc1ccc(Cl)cc1)N[C@H](CCC(=O)O)c1c[nH]c2ccccc12. The average Bonchev–Trinajstić information content (AvgIpc) is 3.13. The van der Waals surface area contributed by atoms with Gasteiger partial charge in [0, 0.05) is 47.2 Å². The van der Waals surface area contributed by atoms with E-state index in [-0.39, 0.29) is 18.5 Å². The maximum atomic E-state index is 11.2. The van der Waals surface area contributed by atoms with Crippen molar-refractivity contribution < 1.29 is 9.90 Å². The Kier molecular flexibility index (Phi) is 7.09. The molecule has 5 nitrogen and oxygen atoms in total. The maximum absolute atomic E-state index is 11.2. The summed E-state index contributed by atoms with van der Waals surface area (Å²) < 4.78 is 0. The van der Waals surface area contributed by atoms with Gasteiger partial charge in [-0.2, -0.15) is 0 Å². The largest absolute Gasteiger partial charge is 0.481 e. The van der Waals surface area contributed by atoms with Crippen molar-refractivity contribution in [2.24, 2.45) is 5.73 Å². The summed E-state index contributed by atoms with van der Waals surface area (Å²) in [4.78, 5) is 14.4. The van der Waals surface area contributed by atoms with E-state index in [1.54, 1.807) is 0 Å². The van der Waals surface area contributed by atoms with Crippen LogP contribution >= 0.6 is 11.6 Å². The first-order valence-electron chi connectivity index (χ1n) is 9.55. The first-order valence-corrected chi connectivity index (χ1v) is 9.93. The molecule has 6 heteroatoms. The highest BCUT2D eigenvalue weighted by atomic mass is 35.5. The van der Waals surface area contributed by atoms with E-state index in [9.17, 15) is 4.79 Å². The molecular formula is C22H26ClN3O2. The van der Waals surface area contributed by atoms with Gasteiger partial charge in [0.1, 0.15) is 0 Å². The molecule has 0 saturated carbocycles. The molecule has 5 N–H and O–H groups in total. The third-order valence-electron chi connectivity index (χ3n) is 5.06. The molecule has 0 fully saturated rings. The highest BCUT2D eigenvalue weighted by Gasteiger charge is 2.20. The van der Waals surface area contributed by atoms with E-state index in [1.807, 2.05) is 48.7 Å². The lowest BCUT2D eigenvalue weighted by Gasteiger charge is -2.25. The highest BCUT2D eigenvalue weighted by Crippen LogP contribution is 2.28. The molecule has 28 heavy (non-hydrogen) atoms. The molecule has 3 rings (SSSR count). The number of aromatic nitrogens is 1. The standard InChI is InChI=1S/C22H26ClN3O2/c23-16-8-5-15(6-9-16)7-10-17(13-24)26-21(11-12-22(27)28)19-14-25-20-4-2-1-3-18(19)20/h1-6,8-9,14,17,21,25-26H,7,10-13,24H2,(H,27,28)/t17?,21-/m1/s1. The number of H-pyrrole nitrogens is 1. The number of carbonyl (C=O) groups is 1. The number of aryl methyl sites for hydroxylation is 1. The summed E-state index contributed by atoms with van der Waals surface area (Å²) in [6.45, 7) is 0.486. The second-order valence-electron chi connectivity index (χ2n) is 7.04. The fraction of sp³-hybridized carbons (Fsp3) is 0.318. The van der Waals surface area contributed by atoms with Crippen LogP contribution in [-0.4, -0.2) is 28.6 Å². The Morgan fingerprint density at radius 2 is 1.89 bits per heavy atom. The average molecular weight is 400 g/mol. The van der Waals surface area contributed by atoms with Gasteiger partial charge in [-0.25, -0.2) is 0 Å². The van der Waals surface area contributed by atoms with Gasteiger partial charge in [-0.1, -0.05) is 41.9 Å². The summed E-state index contributed by atoms with van der Waals surface area (Å²) in [7, 11) is 0.